The number of carboxylic acid groups (broad SMARTS) is 1. The molecule has 0 unspecified atom stereocenters. The number of aliphatic carboxylic acids is 1. The van der Waals surface area contributed by atoms with Crippen molar-refractivity contribution in [2.24, 2.45) is 17.6 Å². The van der Waals surface area contributed by atoms with Gasteiger partial charge in [-0.25, -0.2) is 0 Å². The van der Waals surface area contributed by atoms with Crippen molar-refractivity contribution in [3.8, 4) is 0 Å². The molecule has 0 aliphatic rings. The highest BCUT2D eigenvalue weighted by atomic mass is 16.4. The third-order valence-corrected chi connectivity index (χ3v) is 5.50. The molecule has 0 aromatic carbocycles. The third kappa shape index (κ3) is 13.0. The fraction of sp³-hybridized carbons (Fsp3) is 0.708. The summed E-state index contributed by atoms with van der Waals surface area (Å²) >= 11 is 0. The van der Waals surface area contributed by atoms with Gasteiger partial charge >= 0.3 is 5.97 Å². The Morgan fingerprint density at radius 1 is 0.692 bits per heavy atom. The van der Waals surface area contributed by atoms with Crippen LogP contribution in [0.1, 0.15) is 61.3 Å². The molecule has 0 fully saturated rings. The molecule has 39 heavy (non-hydrogen) atoms. The second-order valence-electron chi connectivity index (χ2n) is 10.1. The van der Waals surface area contributed by atoms with Crippen molar-refractivity contribution in [2.75, 3.05) is 0 Å². The molecule has 0 saturated heterocycles. The first kappa shape index (κ1) is 35.2. The van der Waals surface area contributed by atoms with Gasteiger partial charge in [-0.15, -0.1) is 0 Å². The fourth-order valence-corrected chi connectivity index (χ4v) is 3.47. The molecule has 0 aliphatic carbocycles. The number of aliphatic hydroxyl groups is 1. The molecule has 0 heterocycles. The van der Waals surface area contributed by atoms with Crippen LogP contribution < -0.4 is 32.3 Å². The molecule has 0 radical (unpaired) electrons. The van der Waals surface area contributed by atoms with Crippen LogP contribution in [-0.2, 0) is 33.6 Å². The van der Waals surface area contributed by atoms with E-state index in [9.17, 15) is 43.8 Å². The van der Waals surface area contributed by atoms with Gasteiger partial charge in [0, 0.05) is 6.92 Å². The average Bonchev–Trinajstić information content (AvgIpc) is 2.77. The summed E-state index contributed by atoms with van der Waals surface area (Å²) in [6.07, 6.45) is -1.87. The largest absolute Gasteiger partial charge is 0.481 e. The van der Waals surface area contributed by atoms with Gasteiger partial charge in [-0.05, 0) is 32.1 Å². The molecule has 15 heteroatoms. The Balaban J connectivity index is 5.59. The predicted octanol–water partition coefficient (Wildman–Crippen LogP) is -2.51. The summed E-state index contributed by atoms with van der Waals surface area (Å²) in [7, 11) is 0. The number of aliphatic hydroxyl groups excluding tert-OH is 1. The normalized spacial score (nSPS) is 15.6. The zero-order chi connectivity index (χ0) is 30.6. The van der Waals surface area contributed by atoms with Gasteiger partial charge in [-0.1, -0.05) is 27.7 Å². The van der Waals surface area contributed by atoms with E-state index in [1.807, 2.05) is 13.8 Å². The van der Waals surface area contributed by atoms with E-state index in [0.29, 0.717) is 6.42 Å². The van der Waals surface area contributed by atoms with E-state index < -0.39 is 90.1 Å². The number of rotatable bonds is 16. The summed E-state index contributed by atoms with van der Waals surface area (Å²) in [4.78, 5) is 85.4. The molecule has 6 amide bonds. The van der Waals surface area contributed by atoms with Crippen molar-refractivity contribution >= 4 is 41.4 Å². The van der Waals surface area contributed by atoms with Crippen molar-refractivity contribution in [3.05, 3.63) is 0 Å². The maximum atomic E-state index is 12.9. The minimum atomic E-state index is -1.63. The molecule has 9 N–H and O–H groups in total. The molecule has 6 atom stereocenters. The van der Waals surface area contributed by atoms with E-state index in [2.05, 4.69) is 26.6 Å². The number of nitrogens with two attached hydrogens (primary N) is 1. The minimum Gasteiger partial charge on any atom is -0.481 e. The van der Waals surface area contributed by atoms with Crippen LogP contribution in [0.2, 0.25) is 0 Å². The maximum Gasteiger partial charge on any atom is 0.305 e. The van der Waals surface area contributed by atoms with Crippen LogP contribution >= 0.6 is 0 Å². The highest BCUT2D eigenvalue weighted by Gasteiger charge is 2.34. The fourth-order valence-electron chi connectivity index (χ4n) is 3.47. The highest BCUT2D eigenvalue weighted by molar-refractivity contribution is 5.97. The molecule has 0 saturated carbocycles. The summed E-state index contributed by atoms with van der Waals surface area (Å²) in [5.74, 6) is -6.78. The van der Waals surface area contributed by atoms with E-state index in [0.717, 1.165) is 0 Å². The van der Waals surface area contributed by atoms with Crippen LogP contribution in [0.5, 0.6) is 0 Å². The molecule has 0 aliphatic heterocycles. The Morgan fingerprint density at radius 3 is 1.62 bits per heavy atom. The van der Waals surface area contributed by atoms with Gasteiger partial charge in [0.25, 0.3) is 0 Å². The van der Waals surface area contributed by atoms with Gasteiger partial charge in [0.05, 0.1) is 12.5 Å². The van der Waals surface area contributed by atoms with E-state index in [-0.39, 0.29) is 5.92 Å². The minimum absolute atomic E-state index is 0.0466. The van der Waals surface area contributed by atoms with Gasteiger partial charge in [0.1, 0.15) is 30.2 Å². The number of hydrogen-bond acceptors (Lipinski definition) is 8. The molecule has 0 aromatic heterocycles. The number of nitrogens with one attached hydrogen (secondary N) is 5. The Labute approximate surface area is 227 Å². The number of carboxylic acids is 1. The van der Waals surface area contributed by atoms with Crippen LogP contribution in [0.3, 0.4) is 0 Å². The van der Waals surface area contributed by atoms with E-state index >= 15 is 0 Å². The van der Waals surface area contributed by atoms with Crippen molar-refractivity contribution in [3.63, 3.8) is 0 Å². The number of primary amides is 1. The van der Waals surface area contributed by atoms with E-state index in [1.165, 1.54) is 20.8 Å². The summed E-state index contributed by atoms with van der Waals surface area (Å²) in [5.41, 5.74) is 5.19. The first-order valence-corrected chi connectivity index (χ1v) is 12.5. The van der Waals surface area contributed by atoms with Crippen LogP contribution in [0.4, 0.5) is 0 Å². The van der Waals surface area contributed by atoms with Gasteiger partial charge in [-0.3, -0.25) is 33.6 Å². The number of carbonyl (C=O) groups is 7. The van der Waals surface area contributed by atoms with E-state index in [4.69, 9.17) is 5.73 Å². The number of hydrogen-bond donors (Lipinski definition) is 8. The summed E-state index contributed by atoms with van der Waals surface area (Å²) in [6, 6.07) is -6.47. The maximum absolute atomic E-state index is 12.9. The SMILES string of the molecule is CC(=O)N[C@@H](CC(C)C)C(=O)N[C@@H](C)C(=O)N[C@@H](CC(=O)O)C(=O)N[C@H](C(=O)N[C@H](C(N)=O)[C@@H](C)O)C(C)C. The lowest BCUT2D eigenvalue weighted by Gasteiger charge is -2.27. The van der Waals surface area contributed by atoms with Gasteiger partial charge in [-0.2, -0.15) is 0 Å². The lowest BCUT2D eigenvalue weighted by molar-refractivity contribution is -0.141. The van der Waals surface area contributed by atoms with Crippen molar-refractivity contribution in [2.45, 2.75) is 97.6 Å². The predicted molar refractivity (Wildman–Crippen MR) is 138 cm³/mol. The molecule has 222 valence electrons. The molecule has 0 rings (SSSR count). The van der Waals surface area contributed by atoms with Gasteiger partial charge in [0.2, 0.25) is 35.4 Å². The third-order valence-electron chi connectivity index (χ3n) is 5.50. The van der Waals surface area contributed by atoms with Crippen LogP contribution in [0.15, 0.2) is 0 Å². The lowest BCUT2D eigenvalue weighted by atomic mass is 10.0. The first-order valence-electron chi connectivity index (χ1n) is 12.5. The van der Waals surface area contributed by atoms with Gasteiger partial charge < -0.3 is 42.5 Å². The first-order chi connectivity index (χ1) is 17.9. The Morgan fingerprint density at radius 2 is 1.21 bits per heavy atom. The molecule has 0 bridgehead atoms. The summed E-state index contributed by atoms with van der Waals surface area (Å²) in [6.45, 7) is 10.6. The van der Waals surface area contributed by atoms with Crippen LogP contribution in [0, 0.1) is 11.8 Å². The number of carbonyl (C=O) groups excluding carboxylic acids is 6. The van der Waals surface area contributed by atoms with E-state index in [1.54, 1.807) is 13.8 Å². The monoisotopic (exact) mass is 558 g/mol. The topological polar surface area (TPSA) is 246 Å². The molecule has 0 spiro atoms. The number of amides is 6. The summed E-state index contributed by atoms with van der Waals surface area (Å²) in [5, 5.41) is 30.7. The Hall–Kier alpha value is -3.75. The average molecular weight is 559 g/mol. The van der Waals surface area contributed by atoms with Crippen molar-refractivity contribution in [1.82, 2.24) is 26.6 Å². The molecule has 0 aromatic rings. The van der Waals surface area contributed by atoms with Crippen molar-refractivity contribution < 1.29 is 43.8 Å². The standard InChI is InChI=1S/C24H42N6O9/c1-10(2)8-15(27-14(7)32)22(37)26-12(5)21(36)28-16(9-17(33)34)23(38)29-18(11(3)4)24(39)30-19(13(6)31)20(25)35/h10-13,15-16,18-19,31H,8-9H2,1-7H3,(H2,25,35)(H,26,37)(H,27,32)(H,28,36)(H,29,38)(H,30,39)(H,33,34)/t12-,13+,15-,16-,18-,19-/m0/s1. The van der Waals surface area contributed by atoms with Crippen LogP contribution in [0.25, 0.3) is 0 Å². The zero-order valence-corrected chi connectivity index (χ0v) is 23.4. The molecular weight excluding hydrogens is 516 g/mol. The molecule has 15 nitrogen and oxygen atoms in total. The van der Waals surface area contributed by atoms with Crippen molar-refractivity contribution in [1.29, 1.82) is 0 Å². The zero-order valence-electron chi connectivity index (χ0n) is 23.4. The second-order valence-corrected chi connectivity index (χ2v) is 10.1. The highest BCUT2D eigenvalue weighted by Crippen LogP contribution is 2.07. The van der Waals surface area contributed by atoms with Gasteiger partial charge in [0.15, 0.2) is 0 Å². The Kier molecular flexibility index (Phi) is 14.7. The Bertz CT molecular complexity index is 922. The van der Waals surface area contributed by atoms with Crippen LogP contribution in [-0.4, -0.2) is 87.9 Å². The summed E-state index contributed by atoms with van der Waals surface area (Å²) < 4.78 is 0. The lowest BCUT2D eigenvalue weighted by Crippen LogP contribution is -2.60. The smallest absolute Gasteiger partial charge is 0.305 e. The second kappa shape index (κ2) is 16.3. The molecular formula is C24H42N6O9. The quantitative estimate of drug-likeness (QED) is 0.0995.